The first-order valence-corrected chi connectivity index (χ1v) is 4.62. The van der Waals surface area contributed by atoms with Crippen molar-refractivity contribution in [1.82, 2.24) is 0 Å². The first-order valence-electron chi connectivity index (χ1n) is 3.63. The Hall–Kier alpha value is 0.310. The molecular formula is C7H12OS. The van der Waals surface area contributed by atoms with E-state index in [4.69, 9.17) is 4.74 Å². The molecule has 0 unspecified atom stereocenters. The van der Waals surface area contributed by atoms with Crippen LogP contribution in [0.1, 0.15) is 19.3 Å². The molecule has 0 N–H and O–H groups in total. The van der Waals surface area contributed by atoms with Gasteiger partial charge in [-0.2, -0.15) is 11.8 Å². The maximum absolute atomic E-state index is 5.29. The molecule has 2 saturated heterocycles. The molecule has 0 atom stereocenters. The molecule has 2 heteroatoms. The van der Waals surface area contributed by atoms with Crippen LogP contribution < -0.4 is 0 Å². The SMILES string of the molecule is C1CC2(CCO1)CCS2. The van der Waals surface area contributed by atoms with Crippen LogP contribution >= 0.6 is 11.8 Å². The molecule has 9 heavy (non-hydrogen) atoms. The van der Waals surface area contributed by atoms with Gasteiger partial charge in [0.15, 0.2) is 0 Å². The molecule has 0 aromatic rings. The summed E-state index contributed by atoms with van der Waals surface area (Å²) < 4.78 is 5.98. The highest BCUT2D eigenvalue weighted by Gasteiger charge is 2.38. The summed E-state index contributed by atoms with van der Waals surface area (Å²) in [5.41, 5.74) is 0. The minimum atomic E-state index is 0.693. The molecule has 2 aliphatic rings. The van der Waals surface area contributed by atoms with Crippen LogP contribution in [-0.2, 0) is 4.74 Å². The van der Waals surface area contributed by atoms with Gasteiger partial charge in [0.05, 0.1) is 0 Å². The average molecular weight is 144 g/mol. The maximum atomic E-state index is 5.29. The van der Waals surface area contributed by atoms with Crippen LogP contribution in [0, 0.1) is 0 Å². The summed E-state index contributed by atoms with van der Waals surface area (Å²) in [5, 5.41) is 0. The van der Waals surface area contributed by atoms with Gasteiger partial charge in [0, 0.05) is 18.0 Å². The molecule has 0 aromatic heterocycles. The normalized spacial score (nSPS) is 32.0. The highest BCUT2D eigenvalue weighted by molar-refractivity contribution is 8.02. The lowest BCUT2D eigenvalue weighted by atomic mass is 9.95. The Morgan fingerprint density at radius 2 is 1.78 bits per heavy atom. The van der Waals surface area contributed by atoms with E-state index in [0.717, 1.165) is 13.2 Å². The minimum Gasteiger partial charge on any atom is -0.381 e. The number of ether oxygens (including phenoxy) is 1. The van der Waals surface area contributed by atoms with E-state index in [1.165, 1.54) is 25.0 Å². The van der Waals surface area contributed by atoms with Gasteiger partial charge >= 0.3 is 0 Å². The van der Waals surface area contributed by atoms with Crippen molar-refractivity contribution in [1.29, 1.82) is 0 Å². The van der Waals surface area contributed by atoms with Crippen LogP contribution in [0.5, 0.6) is 0 Å². The Balaban J connectivity index is 1.93. The molecule has 1 nitrogen and oxygen atoms in total. The molecule has 0 amide bonds. The molecule has 0 aliphatic carbocycles. The van der Waals surface area contributed by atoms with Crippen LogP contribution in [0.25, 0.3) is 0 Å². The predicted octanol–water partition coefficient (Wildman–Crippen LogP) is 1.67. The Morgan fingerprint density at radius 1 is 1.11 bits per heavy atom. The van der Waals surface area contributed by atoms with Gasteiger partial charge in [-0.1, -0.05) is 0 Å². The molecule has 0 bridgehead atoms. The summed E-state index contributed by atoms with van der Waals surface area (Å²) in [6.45, 7) is 2.01. The molecule has 52 valence electrons. The van der Waals surface area contributed by atoms with Crippen molar-refractivity contribution in [3.05, 3.63) is 0 Å². The Kier molecular flexibility index (Phi) is 1.46. The summed E-state index contributed by atoms with van der Waals surface area (Å²) in [5.74, 6) is 1.39. The van der Waals surface area contributed by atoms with Crippen molar-refractivity contribution in [2.45, 2.75) is 24.0 Å². The number of rotatable bonds is 0. The summed E-state index contributed by atoms with van der Waals surface area (Å²) in [4.78, 5) is 0. The minimum absolute atomic E-state index is 0.693. The van der Waals surface area contributed by atoms with Crippen molar-refractivity contribution in [3.8, 4) is 0 Å². The quantitative estimate of drug-likeness (QED) is 0.511. The zero-order chi connectivity index (χ0) is 6.16. The molecule has 2 aliphatic heterocycles. The van der Waals surface area contributed by atoms with Gasteiger partial charge in [0.2, 0.25) is 0 Å². The molecule has 2 fully saturated rings. The largest absolute Gasteiger partial charge is 0.381 e. The number of hydrogen-bond donors (Lipinski definition) is 0. The van der Waals surface area contributed by atoms with Crippen molar-refractivity contribution < 1.29 is 4.74 Å². The van der Waals surface area contributed by atoms with E-state index in [0.29, 0.717) is 4.75 Å². The van der Waals surface area contributed by atoms with E-state index in [1.807, 2.05) is 0 Å². The van der Waals surface area contributed by atoms with Gasteiger partial charge < -0.3 is 4.74 Å². The number of thioether (sulfide) groups is 1. The molecular weight excluding hydrogens is 132 g/mol. The molecule has 0 saturated carbocycles. The first-order chi connectivity index (χ1) is 4.41. The van der Waals surface area contributed by atoms with E-state index in [1.54, 1.807) is 0 Å². The van der Waals surface area contributed by atoms with E-state index >= 15 is 0 Å². The fraction of sp³-hybridized carbons (Fsp3) is 1.00. The monoisotopic (exact) mass is 144 g/mol. The summed E-state index contributed by atoms with van der Waals surface area (Å²) in [6, 6.07) is 0. The number of hydrogen-bond acceptors (Lipinski definition) is 2. The highest BCUT2D eigenvalue weighted by Crippen LogP contribution is 2.47. The standard InChI is InChI=1S/C7H12OS/c1-4-8-5-2-7(1)3-6-9-7/h1-6H2. The Labute approximate surface area is 60.2 Å². The predicted molar refractivity (Wildman–Crippen MR) is 39.9 cm³/mol. The second-order valence-corrected chi connectivity index (χ2v) is 4.46. The van der Waals surface area contributed by atoms with Crippen LogP contribution in [-0.4, -0.2) is 23.7 Å². The second kappa shape index (κ2) is 2.17. The van der Waals surface area contributed by atoms with E-state index in [2.05, 4.69) is 11.8 Å². The van der Waals surface area contributed by atoms with Gasteiger partial charge in [0.1, 0.15) is 0 Å². The Morgan fingerprint density at radius 3 is 2.11 bits per heavy atom. The van der Waals surface area contributed by atoms with Crippen molar-refractivity contribution >= 4 is 11.8 Å². The van der Waals surface area contributed by atoms with Crippen LogP contribution in [0.15, 0.2) is 0 Å². The first kappa shape index (κ1) is 6.05. The van der Waals surface area contributed by atoms with E-state index in [9.17, 15) is 0 Å². The smallest absolute Gasteiger partial charge is 0.0479 e. The summed E-state index contributed by atoms with van der Waals surface area (Å²) >= 11 is 2.15. The summed E-state index contributed by atoms with van der Waals surface area (Å²) in [7, 11) is 0. The lowest BCUT2D eigenvalue weighted by molar-refractivity contribution is 0.0734. The maximum Gasteiger partial charge on any atom is 0.0479 e. The second-order valence-electron chi connectivity index (χ2n) is 2.89. The topological polar surface area (TPSA) is 9.23 Å². The van der Waals surface area contributed by atoms with Gasteiger partial charge in [-0.15, -0.1) is 0 Å². The lowest BCUT2D eigenvalue weighted by Crippen LogP contribution is -2.40. The molecule has 2 rings (SSSR count). The van der Waals surface area contributed by atoms with Crippen LogP contribution in [0.2, 0.25) is 0 Å². The molecule has 0 radical (unpaired) electrons. The Bertz CT molecular complexity index is 101. The van der Waals surface area contributed by atoms with Crippen molar-refractivity contribution in [2.75, 3.05) is 19.0 Å². The van der Waals surface area contributed by atoms with Gasteiger partial charge in [0.25, 0.3) is 0 Å². The summed E-state index contributed by atoms with van der Waals surface area (Å²) in [6.07, 6.45) is 4.05. The lowest BCUT2D eigenvalue weighted by Gasteiger charge is -2.43. The van der Waals surface area contributed by atoms with Crippen LogP contribution in [0.3, 0.4) is 0 Å². The van der Waals surface area contributed by atoms with Gasteiger partial charge in [-0.25, -0.2) is 0 Å². The zero-order valence-electron chi connectivity index (χ0n) is 5.56. The van der Waals surface area contributed by atoms with Gasteiger partial charge in [-0.3, -0.25) is 0 Å². The molecule has 1 spiro atoms. The molecule has 2 heterocycles. The third-order valence-corrected chi connectivity index (χ3v) is 4.00. The van der Waals surface area contributed by atoms with Crippen molar-refractivity contribution in [3.63, 3.8) is 0 Å². The highest BCUT2D eigenvalue weighted by atomic mass is 32.2. The zero-order valence-corrected chi connectivity index (χ0v) is 6.38. The van der Waals surface area contributed by atoms with Crippen LogP contribution in [0.4, 0.5) is 0 Å². The average Bonchev–Trinajstić information content (AvgIpc) is 1.87. The van der Waals surface area contributed by atoms with E-state index < -0.39 is 0 Å². The third-order valence-electron chi connectivity index (χ3n) is 2.37. The molecule has 0 aromatic carbocycles. The third kappa shape index (κ3) is 0.987. The van der Waals surface area contributed by atoms with E-state index in [-0.39, 0.29) is 0 Å². The van der Waals surface area contributed by atoms with Crippen molar-refractivity contribution in [2.24, 2.45) is 0 Å². The fourth-order valence-corrected chi connectivity index (χ4v) is 2.77. The fourth-order valence-electron chi connectivity index (χ4n) is 1.53. The van der Waals surface area contributed by atoms with Gasteiger partial charge in [-0.05, 0) is 25.0 Å².